The molecule has 2 aromatic rings. The van der Waals surface area contributed by atoms with Crippen molar-refractivity contribution in [3.8, 4) is 11.5 Å². The number of benzene rings is 2. The molecule has 0 aliphatic rings. The minimum Gasteiger partial charge on any atom is -0.485 e. The molecule has 0 radical (unpaired) electrons. The summed E-state index contributed by atoms with van der Waals surface area (Å²) in [4.78, 5) is 0. The fourth-order valence-electron chi connectivity index (χ4n) is 1.85. The van der Waals surface area contributed by atoms with E-state index in [1.54, 1.807) is 14.2 Å². The van der Waals surface area contributed by atoms with E-state index in [0.717, 1.165) is 5.56 Å². The maximum atomic E-state index is 6.13. The Morgan fingerprint density at radius 1 is 0.864 bits per heavy atom. The van der Waals surface area contributed by atoms with Gasteiger partial charge in [-0.1, -0.05) is 41.9 Å². The summed E-state index contributed by atoms with van der Waals surface area (Å²) in [6.07, 6.45) is -0.420. The Kier molecular flexibility index (Phi) is 6.52. The van der Waals surface area contributed by atoms with Crippen LogP contribution in [0, 0.1) is 0 Å². The van der Waals surface area contributed by atoms with Crippen LogP contribution in [0.3, 0.4) is 0 Å². The molecule has 0 aliphatic heterocycles. The molecule has 0 unspecified atom stereocenters. The van der Waals surface area contributed by atoms with Gasteiger partial charge in [0.25, 0.3) is 0 Å². The minimum atomic E-state index is -0.420. The third-order valence-corrected chi connectivity index (χ3v) is 3.46. The first-order valence-electron chi connectivity index (χ1n) is 6.88. The van der Waals surface area contributed by atoms with Gasteiger partial charge in [0.05, 0.1) is 0 Å². The Balaban J connectivity index is 2.00. The van der Waals surface area contributed by atoms with Crippen LogP contribution >= 0.6 is 11.6 Å². The van der Waals surface area contributed by atoms with Crippen molar-refractivity contribution in [3.05, 3.63) is 59.1 Å². The third kappa shape index (κ3) is 4.63. The van der Waals surface area contributed by atoms with Gasteiger partial charge < -0.3 is 18.9 Å². The third-order valence-electron chi connectivity index (χ3n) is 3.09. The topological polar surface area (TPSA) is 36.9 Å². The van der Waals surface area contributed by atoms with Crippen LogP contribution in [0.15, 0.2) is 48.5 Å². The summed E-state index contributed by atoms with van der Waals surface area (Å²) in [5, 5.41) is 0.680. The van der Waals surface area contributed by atoms with Gasteiger partial charge in [0.2, 0.25) is 0 Å². The zero-order chi connectivity index (χ0) is 15.8. The van der Waals surface area contributed by atoms with Crippen molar-refractivity contribution in [3.63, 3.8) is 0 Å². The fourth-order valence-corrected chi connectivity index (χ4v) is 2.04. The standard InChI is InChI=1S/C17H19ClO4/c1-19-17(20-2)12-22-16-10-6-5-9-15(16)21-11-13-7-3-4-8-14(13)18/h3-10,17H,11-12H2,1-2H3. The summed E-state index contributed by atoms with van der Waals surface area (Å²) in [5.74, 6) is 1.28. The molecule has 0 spiro atoms. The van der Waals surface area contributed by atoms with Crippen molar-refractivity contribution >= 4 is 11.6 Å². The van der Waals surface area contributed by atoms with E-state index in [9.17, 15) is 0 Å². The molecular formula is C17H19ClO4. The van der Waals surface area contributed by atoms with E-state index in [1.165, 1.54) is 0 Å². The van der Waals surface area contributed by atoms with Crippen molar-refractivity contribution < 1.29 is 18.9 Å². The summed E-state index contributed by atoms with van der Waals surface area (Å²) in [5.41, 5.74) is 0.922. The zero-order valence-corrected chi connectivity index (χ0v) is 13.4. The molecule has 2 rings (SSSR count). The number of hydrogen-bond acceptors (Lipinski definition) is 4. The Morgan fingerprint density at radius 3 is 2.09 bits per heavy atom. The number of methoxy groups -OCH3 is 2. The zero-order valence-electron chi connectivity index (χ0n) is 12.6. The lowest BCUT2D eigenvalue weighted by molar-refractivity contribution is -0.122. The summed E-state index contributed by atoms with van der Waals surface area (Å²) in [6.45, 7) is 0.650. The normalized spacial score (nSPS) is 10.7. The van der Waals surface area contributed by atoms with Gasteiger partial charge in [-0.25, -0.2) is 0 Å². The van der Waals surface area contributed by atoms with Crippen LogP contribution in [0.25, 0.3) is 0 Å². The lowest BCUT2D eigenvalue weighted by Crippen LogP contribution is -2.22. The van der Waals surface area contributed by atoms with E-state index in [0.29, 0.717) is 23.1 Å². The maximum Gasteiger partial charge on any atom is 0.191 e. The molecule has 118 valence electrons. The van der Waals surface area contributed by atoms with Gasteiger partial charge in [0, 0.05) is 24.8 Å². The molecule has 5 heteroatoms. The highest BCUT2D eigenvalue weighted by molar-refractivity contribution is 6.31. The molecule has 0 bridgehead atoms. The van der Waals surface area contributed by atoms with E-state index in [1.807, 2.05) is 48.5 Å². The molecule has 0 saturated carbocycles. The van der Waals surface area contributed by atoms with Crippen LogP contribution in [0.4, 0.5) is 0 Å². The highest BCUT2D eigenvalue weighted by atomic mass is 35.5. The second kappa shape index (κ2) is 8.63. The second-order valence-corrected chi connectivity index (χ2v) is 4.95. The highest BCUT2D eigenvalue weighted by Gasteiger charge is 2.10. The van der Waals surface area contributed by atoms with Gasteiger partial charge in [-0.3, -0.25) is 0 Å². The summed E-state index contributed by atoms with van der Waals surface area (Å²) in [7, 11) is 3.13. The van der Waals surface area contributed by atoms with Gasteiger partial charge in [0.15, 0.2) is 17.8 Å². The van der Waals surface area contributed by atoms with Gasteiger partial charge in [-0.05, 0) is 18.2 Å². The monoisotopic (exact) mass is 322 g/mol. The van der Waals surface area contributed by atoms with E-state index < -0.39 is 6.29 Å². The number of ether oxygens (including phenoxy) is 4. The van der Waals surface area contributed by atoms with E-state index >= 15 is 0 Å². The van der Waals surface area contributed by atoms with Crippen LogP contribution in [0.2, 0.25) is 5.02 Å². The van der Waals surface area contributed by atoms with E-state index in [4.69, 9.17) is 30.5 Å². The van der Waals surface area contributed by atoms with Crippen molar-refractivity contribution in [1.29, 1.82) is 0 Å². The first kappa shape index (κ1) is 16.6. The molecule has 4 nitrogen and oxygen atoms in total. The average Bonchev–Trinajstić information content (AvgIpc) is 2.56. The van der Waals surface area contributed by atoms with Crippen LogP contribution in [-0.4, -0.2) is 27.1 Å². The molecule has 22 heavy (non-hydrogen) atoms. The number of halogens is 1. The SMILES string of the molecule is COC(COc1ccccc1OCc1ccccc1Cl)OC. The van der Waals surface area contributed by atoms with Gasteiger partial charge in [0.1, 0.15) is 13.2 Å². The molecule has 0 aromatic heterocycles. The lowest BCUT2D eigenvalue weighted by Gasteiger charge is -2.17. The maximum absolute atomic E-state index is 6.13. The van der Waals surface area contributed by atoms with Crippen molar-refractivity contribution in [1.82, 2.24) is 0 Å². The second-order valence-electron chi connectivity index (χ2n) is 4.54. The molecule has 0 heterocycles. The van der Waals surface area contributed by atoms with Crippen molar-refractivity contribution in [2.75, 3.05) is 20.8 Å². The number of hydrogen-bond donors (Lipinski definition) is 0. The van der Waals surface area contributed by atoms with E-state index in [2.05, 4.69) is 0 Å². The Bertz CT molecular complexity index is 584. The van der Waals surface area contributed by atoms with E-state index in [-0.39, 0.29) is 6.61 Å². The first-order chi connectivity index (χ1) is 10.7. The van der Waals surface area contributed by atoms with Crippen LogP contribution in [-0.2, 0) is 16.1 Å². The van der Waals surface area contributed by atoms with Gasteiger partial charge >= 0.3 is 0 Å². The number of para-hydroxylation sites is 2. The fraction of sp³-hybridized carbons (Fsp3) is 0.294. The first-order valence-corrected chi connectivity index (χ1v) is 7.26. The van der Waals surface area contributed by atoms with Crippen LogP contribution in [0.5, 0.6) is 11.5 Å². The summed E-state index contributed by atoms with van der Waals surface area (Å²) in [6, 6.07) is 15.0. The number of rotatable bonds is 8. The van der Waals surface area contributed by atoms with Crippen LogP contribution in [0.1, 0.15) is 5.56 Å². The smallest absolute Gasteiger partial charge is 0.191 e. The summed E-state index contributed by atoms with van der Waals surface area (Å²) < 4.78 is 21.7. The van der Waals surface area contributed by atoms with Crippen LogP contribution < -0.4 is 9.47 Å². The Morgan fingerprint density at radius 2 is 1.45 bits per heavy atom. The molecule has 0 N–H and O–H groups in total. The minimum absolute atomic E-state index is 0.277. The van der Waals surface area contributed by atoms with Gasteiger partial charge in [-0.15, -0.1) is 0 Å². The quantitative estimate of drug-likeness (QED) is 0.690. The molecule has 0 aliphatic carbocycles. The molecule has 0 fully saturated rings. The predicted octanol–water partition coefficient (Wildman–Crippen LogP) is 3.92. The molecule has 2 aromatic carbocycles. The summed E-state index contributed by atoms with van der Waals surface area (Å²) >= 11 is 6.13. The Labute approximate surface area is 135 Å². The average molecular weight is 323 g/mol. The Hall–Kier alpha value is -1.75. The highest BCUT2D eigenvalue weighted by Crippen LogP contribution is 2.28. The molecule has 0 amide bonds. The predicted molar refractivity (Wildman–Crippen MR) is 85.5 cm³/mol. The molecule has 0 saturated heterocycles. The molecular weight excluding hydrogens is 304 g/mol. The molecule has 0 atom stereocenters. The lowest BCUT2D eigenvalue weighted by atomic mass is 10.2. The largest absolute Gasteiger partial charge is 0.485 e. The van der Waals surface area contributed by atoms with Crippen molar-refractivity contribution in [2.24, 2.45) is 0 Å². The van der Waals surface area contributed by atoms with Crippen molar-refractivity contribution in [2.45, 2.75) is 12.9 Å². The van der Waals surface area contributed by atoms with Gasteiger partial charge in [-0.2, -0.15) is 0 Å².